The molecule has 2 nitrogen and oxygen atoms in total. The predicted molar refractivity (Wildman–Crippen MR) is 67.6 cm³/mol. The lowest BCUT2D eigenvalue weighted by Gasteiger charge is -2.07. The van der Waals surface area contributed by atoms with Gasteiger partial charge in [0.05, 0.1) is 0 Å². The molecular weight excluding hydrogens is 232 g/mol. The minimum absolute atomic E-state index is 0.772. The maximum absolute atomic E-state index is 4.23. The predicted octanol–water partition coefficient (Wildman–Crippen LogP) is 3.28. The van der Waals surface area contributed by atoms with Crippen LogP contribution < -0.4 is 0 Å². The van der Waals surface area contributed by atoms with Gasteiger partial charge in [-0.2, -0.15) is 12.6 Å². The third-order valence-electron chi connectivity index (χ3n) is 1.97. The van der Waals surface area contributed by atoms with Gasteiger partial charge in [-0.05, 0) is 31.4 Å². The molecule has 0 fully saturated rings. The zero-order valence-corrected chi connectivity index (χ0v) is 11.1. The van der Waals surface area contributed by atoms with Crippen molar-refractivity contribution in [3.8, 4) is 0 Å². The van der Waals surface area contributed by atoms with Gasteiger partial charge in [0, 0.05) is 5.75 Å². The highest BCUT2D eigenvalue weighted by molar-refractivity contribution is 8.01. The van der Waals surface area contributed by atoms with Gasteiger partial charge in [0.2, 0.25) is 0 Å². The van der Waals surface area contributed by atoms with Crippen LogP contribution in [0, 0.1) is 12.8 Å². The van der Waals surface area contributed by atoms with Crippen molar-refractivity contribution in [2.24, 2.45) is 5.92 Å². The topological polar surface area (TPSA) is 25.8 Å². The molecule has 0 spiro atoms. The number of aromatic nitrogens is 2. The number of rotatable bonds is 6. The average molecular weight is 248 g/mol. The molecule has 14 heavy (non-hydrogen) atoms. The zero-order chi connectivity index (χ0) is 10.4. The fourth-order valence-electron chi connectivity index (χ4n) is 1.05. The summed E-state index contributed by atoms with van der Waals surface area (Å²) in [6, 6.07) is 0. The molecule has 1 unspecified atom stereocenters. The van der Waals surface area contributed by atoms with Crippen LogP contribution in [0.4, 0.5) is 0 Å². The highest BCUT2D eigenvalue weighted by Crippen LogP contribution is 2.24. The third kappa shape index (κ3) is 4.66. The number of hydrogen-bond donors (Lipinski definition) is 1. The molecule has 1 aromatic rings. The van der Waals surface area contributed by atoms with Crippen LogP contribution >= 0.6 is 35.7 Å². The smallest absolute Gasteiger partial charge is 0.174 e. The Morgan fingerprint density at radius 1 is 1.43 bits per heavy atom. The molecule has 0 aromatic carbocycles. The molecular formula is C9H16N2S3. The summed E-state index contributed by atoms with van der Waals surface area (Å²) < 4.78 is 1.10. The molecule has 0 radical (unpaired) electrons. The van der Waals surface area contributed by atoms with Crippen LogP contribution in [0.3, 0.4) is 0 Å². The van der Waals surface area contributed by atoms with Crippen molar-refractivity contribution in [2.75, 3.05) is 11.5 Å². The van der Waals surface area contributed by atoms with Crippen LogP contribution in [0.5, 0.6) is 0 Å². The Labute approximate surface area is 99.3 Å². The lowest BCUT2D eigenvalue weighted by atomic mass is 10.1. The maximum Gasteiger partial charge on any atom is 0.174 e. The monoisotopic (exact) mass is 248 g/mol. The Morgan fingerprint density at radius 2 is 2.21 bits per heavy atom. The van der Waals surface area contributed by atoms with Gasteiger partial charge in [0.15, 0.2) is 4.34 Å². The minimum Gasteiger partial charge on any atom is -0.179 e. The van der Waals surface area contributed by atoms with Crippen LogP contribution in [0.15, 0.2) is 4.34 Å². The molecule has 1 aromatic heterocycles. The summed E-state index contributed by atoms with van der Waals surface area (Å²) in [6.45, 7) is 4.27. The van der Waals surface area contributed by atoms with Crippen LogP contribution in [-0.2, 0) is 0 Å². The molecule has 80 valence electrons. The Morgan fingerprint density at radius 3 is 2.79 bits per heavy atom. The summed E-state index contributed by atoms with van der Waals surface area (Å²) in [4.78, 5) is 0. The van der Waals surface area contributed by atoms with Gasteiger partial charge in [0.1, 0.15) is 5.01 Å². The molecule has 1 heterocycles. The van der Waals surface area contributed by atoms with E-state index >= 15 is 0 Å². The highest BCUT2D eigenvalue weighted by atomic mass is 32.2. The van der Waals surface area contributed by atoms with Crippen molar-refractivity contribution in [3.05, 3.63) is 5.01 Å². The van der Waals surface area contributed by atoms with E-state index in [4.69, 9.17) is 0 Å². The summed E-state index contributed by atoms with van der Waals surface area (Å²) in [5.74, 6) is 2.90. The number of aryl methyl sites for hydroxylation is 1. The van der Waals surface area contributed by atoms with E-state index in [1.165, 1.54) is 12.8 Å². The summed E-state index contributed by atoms with van der Waals surface area (Å²) in [7, 11) is 0. The molecule has 0 aliphatic carbocycles. The second-order valence-corrected chi connectivity index (χ2v) is 6.31. The van der Waals surface area contributed by atoms with Crippen LogP contribution in [-0.4, -0.2) is 21.7 Å². The lowest BCUT2D eigenvalue weighted by molar-refractivity contribution is 0.554. The Bertz CT molecular complexity index is 262. The molecule has 0 amide bonds. The van der Waals surface area contributed by atoms with Gasteiger partial charge in [-0.15, -0.1) is 10.2 Å². The van der Waals surface area contributed by atoms with Crippen LogP contribution in [0.25, 0.3) is 0 Å². The Balaban J connectivity index is 2.15. The molecule has 1 rings (SSSR count). The molecule has 1 atom stereocenters. The van der Waals surface area contributed by atoms with Crippen molar-refractivity contribution >= 4 is 35.7 Å². The molecule has 0 bridgehead atoms. The SMILES string of the molecule is Cc1nnc(SCCC(C)CCS)s1. The largest absolute Gasteiger partial charge is 0.179 e. The molecule has 0 saturated heterocycles. The van der Waals surface area contributed by atoms with Gasteiger partial charge in [0.25, 0.3) is 0 Å². The van der Waals surface area contributed by atoms with Gasteiger partial charge >= 0.3 is 0 Å². The van der Waals surface area contributed by atoms with E-state index in [1.54, 1.807) is 11.3 Å². The average Bonchev–Trinajstić information content (AvgIpc) is 2.52. The maximum atomic E-state index is 4.23. The second-order valence-electron chi connectivity index (χ2n) is 3.34. The van der Waals surface area contributed by atoms with E-state index in [0.29, 0.717) is 0 Å². The first kappa shape index (κ1) is 12.3. The Hall–Kier alpha value is 0.260. The van der Waals surface area contributed by atoms with Crippen LogP contribution in [0.1, 0.15) is 24.8 Å². The summed E-state index contributed by atoms with van der Waals surface area (Å²) in [6.07, 6.45) is 2.45. The van der Waals surface area contributed by atoms with Crippen molar-refractivity contribution in [2.45, 2.75) is 31.0 Å². The minimum atomic E-state index is 0.772. The second kappa shape index (κ2) is 6.69. The van der Waals surface area contributed by atoms with E-state index < -0.39 is 0 Å². The standard InChI is InChI=1S/C9H16N2S3/c1-7(3-5-12)4-6-13-9-11-10-8(2)14-9/h7,12H,3-6H2,1-2H3. The number of nitrogens with zero attached hydrogens (tertiary/aromatic N) is 2. The van der Waals surface area contributed by atoms with Crippen molar-refractivity contribution < 1.29 is 0 Å². The van der Waals surface area contributed by atoms with Gasteiger partial charge < -0.3 is 0 Å². The van der Waals surface area contributed by atoms with E-state index in [9.17, 15) is 0 Å². The van der Waals surface area contributed by atoms with Crippen molar-refractivity contribution in [3.63, 3.8) is 0 Å². The number of thioether (sulfide) groups is 1. The lowest BCUT2D eigenvalue weighted by Crippen LogP contribution is -1.97. The first-order valence-electron chi connectivity index (χ1n) is 4.76. The summed E-state index contributed by atoms with van der Waals surface area (Å²) >= 11 is 7.72. The number of thiol groups is 1. The molecule has 5 heteroatoms. The van der Waals surface area contributed by atoms with E-state index in [1.807, 2.05) is 18.7 Å². The fraction of sp³-hybridized carbons (Fsp3) is 0.778. The first-order valence-corrected chi connectivity index (χ1v) is 7.19. The van der Waals surface area contributed by atoms with Gasteiger partial charge in [-0.3, -0.25) is 0 Å². The van der Waals surface area contributed by atoms with E-state index in [0.717, 1.165) is 26.8 Å². The molecule has 0 N–H and O–H groups in total. The van der Waals surface area contributed by atoms with E-state index in [2.05, 4.69) is 29.7 Å². The zero-order valence-electron chi connectivity index (χ0n) is 8.56. The molecule has 0 aliphatic heterocycles. The quantitative estimate of drug-likeness (QED) is 0.618. The van der Waals surface area contributed by atoms with Gasteiger partial charge in [-0.1, -0.05) is 30.0 Å². The highest BCUT2D eigenvalue weighted by Gasteiger charge is 2.04. The van der Waals surface area contributed by atoms with Crippen molar-refractivity contribution in [1.29, 1.82) is 0 Å². The normalized spacial score (nSPS) is 13.1. The molecule has 0 aliphatic rings. The van der Waals surface area contributed by atoms with Crippen LogP contribution in [0.2, 0.25) is 0 Å². The van der Waals surface area contributed by atoms with Crippen molar-refractivity contribution in [1.82, 2.24) is 10.2 Å². The fourth-order valence-corrected chi connectivity index (χ4v) is 3.55. The molecule has 0 saturated carbocycles. The summed E-state index contributed by atoms with van der Waals surface area (Å²) in [5, 5.41) is 9.11. The number of hydrogen-bond acceptors (Lipinski definition) is 5. The van der Waals surface area contributed by atoms with E-state index in [-0.39, 0.29) is 0 Å². The van der Waals surface area contributed by atoms with Gasteiger partial charge in [-0.25, -0.2) is 0 Å². The Kier molecular flexibility index (Phi) is 5.89. The summed E-state index contributed by atoms with van der Waals surface area (Å²) in [5.41, 5.74) is 0. The first-order chi connectivity index (χ1) is 6.72. The third-order valence-corrected chi connectivity index (χ3v) is 4.23.